The SMILES string of the molecule is C=C1CC[C@H](OC(=O)Br)CC1=CC=C1CCC[C@@]2(C)C1CC[C@@H]2C(C)CCCC(C)(C)O. The van der Waals surface area contributed by atoms with Gasteiger partial charge in [0.25, 0.3) is 0 Å². The predicted octanol–water partition coefficient (Wildman–Crippen LogP) is 8.27. The Morgan fingerprint density at radius 1 is 1.31 bits per heavy atom. The lowest BCUT2D eigenvalue weighted by Crippen LogP contribution is -2.36. The highest BCUT2D eigenvalue weighted by molar-refractivity contribution is 9.18. The van der Waals surface area contributed by atoms with Crippen molar-refractivity contribution in [3.05, 3.63) is 35.5 Å². The summed E-state index contributed by atoms with van der Waals surface area (Å²) in [5, 5.41) is 10.1. The van der Waals surface area contributed by atoms with E-state index in [1.54, 1.807) is 5.57 Å². The molecule has 1 N–H and O–H groups in total. The largest absolute Gasteiger partial charge is 0.454 e. The third-order valence-electron chi connectivity index (χ3n) is 8.60. The Bertz CT molecular complexity index is 759. The van der Waals surface area contributed by atoms with Gasteiger partial charge in [-0.2, -0.15) is 0 Å². The normalized spacial score (nSPS) is 34.6. The van der Waals surface area contributed by atoms with Crippen molar-refractivity contribution >= 4 is 20.8 Å². The second-order valence-electron chi connectivity index (χ2n) is 11.5. The minimum atomic E-state index is -0.551. The summed E-state index contributed by atoms with van der Waals surface area (Å²) in [6.45, 7) is 13.1. The molecular weight excluding hydrogens is 464 g/mol. The fourth-order valence-electron chi connectivity index (χ4n) is 6.88. The molecule has 3 aliphatic rings. The molecule has 0 amide bonds. The van der Waals surface area contributed by atoms with E-state index in [9.17, 15) is 9.90 Å². The summed E-state index contributed by atoms with van der Waals surface area (Å²) >= 11 is 2.90. The molecule has 0 aromatic rings. The van der Waals surface area contributed by atoms with Gasteiger partial charge in [0.15, 0.2) is 0 Å². The summed E-state index contributed by atoms with van der Waals surface area (Å²) in [7, 11) is 0. The van der Waals surface area contributed by atoms with Gasteiger partial charge in [0.2, 0.25) is 0 Å². The van der Waals surface area contributed by atoms with E-state index >= 15 is 0 Å². The first-order valence-corrected chi connectivity index (χ1v) is 13.4. The van der Waals surface area contributed by atoms with E-state index in [-0.39, 0.29) is 11.0 Å². The van der Waals surface area contributed by atoms with E-state index in [1.165, 1.54) is 49.7 Å². The van der Waals surface area contributed by atoms with E-state index in [0.29, 0.717) is 17.3 Å². The van der Waals surface area contributed by atoms with Gasteiger partial charge >= 0.3 is 4.88 Å². The molecule has 0 aromatic carbocycles. The van der Waals surface area contributed by atoms with Gasteiger partial charge in [0.05, 0.1) is 5.60 Å². The maximum Gasteiger partial charge on any atom is 0.374 e. The molecule has 2 unspecified atom stereocenters. The smallest absolute Gasteiger partial charge is 0.374 e. The molecule has 0 radical (unpaired) electrons. The first-order chi connectivity index (χ1) is 15.0. The number of hydrogen-bond donors (Lipinski definition) is 1. The van der Waals surface area contributed by atoms with Crippen LogP contribution in [0.15, 0.2) is 35.5 Å². The fraction of sp³-hybridized carbons (Fsp3) is 0.750. The van der Waals surface area contributed by atoms with Gasteiger partial charge in [0.1, 0.15) is 6.10 Å². The third-order valence-corrected chi connectivity index (χ3v) is 8.79. The average molecular weight is 508 g/mol. The molecule has 180 valence electrons. The lowest BCUT2D eigenvalue weighted by Gasteiger charge is -2.44. The van der Waals surface area contributed by atoms with Crippen molar-refractivity contribution in [1.29, 1.82) is 0 Å². The number of ether oxygens (including phenoxy) is 1. The highest BCUT2D eigenvalue weighted by Gasteiger charge is 2.50. The molecule has 3 rings (SSSR count). The fourth-order valence-corrected chi connectivity index (χ4v) is 7.15. The standard InChI is InChI=1S/C28H43BrO3/c1-19-10-13-23(32-26(29)30)18-22(19)12-11-21-9-7-17-28(5)24(14-15-25(21)28)20(2)8-6-16-27(3,4)31/h11-12,20,23-25,31H,1,6-10,13-18H2,2-5H3/t20?,23-,24+,25?,28+/m0/s1. The lowest BCUT2D eigenvalue weighted by atomic mass is 9.60. The van der Waals surface area contributed by atoms with Crippen LogP contribution >= 0.6 is 15.9 Å². The zero-order valence-electron chi connectivity index (χ0n) is 20.6. The first-order valence-electron chi connectivity index (χ1n) is 12.7. The van der Waals surface area contributed by atoms with Gasteiger partial charge in [0, 0.05) is 22.4 Å². The molecule has 0 aliphatic heterocycles. The number of aliphatic hydroxyl groups is 1. The van der Waals surface area contributed by atoms with Crippen LogP contribution in [0.3, 0.4) is 0 Å². The van der Waals surface area contributed by atoms with Gasteiger partial charge in [-0.1, -0.05) is 56.6 Å². The minimum absolute atomic E-state index is 0.0470. The molecule has 3 aliphatic carbocycles. The van der Waals surface area contributed by atoms with Gasteiger partial charge < -0.3 is 9.84 Å². The van der Waals surface area contributed by atoms with E-state index < -0.39 is 5.60 Å². The van der Waals surface area contributed by atoms with Crippen LogP contribution in [-0.2, 0) is 4.74 Å². The summed E-state index contributed by atoms with van der Waals surface area (Å²) in [5.41, 5.74) is 3.89. The third kappa shape index (κ3) is 6.38. The monoisotopic (exact) mass is 506 g/mol. The zero-order valence-corrected chi connectivity index (χ0v) is 22.2. The molecular formula is C28H43BrO3. The van der Waals surface area contributed by atoms with Crippen LogP contribution < -0.4 is 0 Å². The first kappa shape index (κ1) is 25.7. The molecule has 5 atom stereocenters. The topological polar surface area (TPSA) is 46.5 Å². The zero-order chi connectivity index (χ0) is 23.5. The Hall–Kier alpha value is -0.870. The maximum atomic E-state index is 11.3. The predicted molar refractivity (Wildman–Crippen MR) is 136 cm³/mol. The molecule has 4 heteroatoms. The summed E-state index contributed by atoms with van der Waals surface area (Å²) in [6.07, 6.45) is 16.8. The van der Waals surface area contributed by atoms with E-state index in [4.69, 9.17) is 4.74 Å². The Kier molecular flexibility index (Phi) is 8.52. The summed E-state index contributed by atoms with van der Waals surface area (Å²) in [6, 6.07) is 0. The molecule has 3 nitrogen and oxygen atoms in total. The Morgan fingerprint density at radius 3 is 2.75 bits per heavy atom. The maximum absolute atomic E-state index is 11.3. The van der Waals surface area contributed by atoms with Crippen molar-refractivity contribution < 1.29 is 14.6 Å². The van der Waals surface area contributed by atoms with Crippen LogP contribution in [0.1, 0.15) is 98.3 Å². The van der Waals surface area contributed by atoms with E-state index in [2.05, 4.69) is 48.5 Å². The number of fused-ring (bicyclic) bond motifs is 1. The van der Waals surface area contributed by atoms with Gasteiger partial charge in [-0.3, -0.25) is 0 Å². The van der Waals surface area contributed by atoms with Crippen molar-refractivity contribution in [2.75, 3.05) is 0 Å². The molecule has 0 bridgehead atoms. The minimum Gasteiger partial charge on any atom is -0.454 e. The van der Waals surface area contributed by atoms with Crippen molar-refractivity contribution in [2.45, 2.75) is 110 Å². The van der Waals surface area contributed by atoms with Crippen LogP contribution in [0.4, 0.5) is 4.79 Å². The summed E-state index contributed by atoms with van der Waals surface area (Å²) in [4.78, 5) is 10.9. The number of carbonyl (C=O) groups is 1. The van der Waals surface area contributed by atoms with Crippen molar-refractivity contribution in [2.24, 2.45) is 23.2 Å². The van der Waals surface area contributed by atoms with Crippen molar-refractivity contribution in [1.82, 2.24) is 0 Å². The number of hydrogen-bond acceptors (Lipinski definition) is 3. The van der Waals surface area contributed by atoms with Crippen LogP contribution in [0.5, 0.6) is 0 Å². The Morgan fingerprint density at radius 2 is 2.06 bits per heavy atom. The molecule has 32 heavy (non-hydrogen) atoms. The quantitative estimate of drug-likeness (QED) is 0.353. The van der Waals surface area contributed by atoms with E-state index in [1.807, 2.05) is 13.8 Å². The van der Waals surface area contributed by atoms with Gasteiger partial charge in [-0.05, 0) is 94.0 Å². The van der Waals surface area contributed by atoms with Crippen LogP contribution in [0.2, 0.25) is 0 Å². The van der Waals surface area contributed by atoms with Gasteiger partial charge in [-0.15, -0.1) is 0 Å². The summed E-state index contributed by atoms with van der Waals surface area (Å²) in [5.74, 6) is 2.17. The van der Waals surface area contributed by atoms with Crippen molar-refractivity contribution in [3.8, 4) is 0 Å². The molecule has 3 saturated carbocycles. The molecule has 0 heterocycles. The highest BCUT2D eigenvalue weighted by atomic mass is 79.9. The van der Waals surface area contributed by atoms with Crippen molar-refractivity contribution in [3.63, 3.8) is 0 Å². The Labute approximate surface area is 203 Å². The van der Waals surface area contributed by atoms with Crippen LogP contribution in [0, 0.1) is 23.2 Å². The van der Waals surface area contributed by atoms with E-state index in [0.717, 1.165) is 38.0 Å². The highest BCUT2D eigenvalue weighted by Crippen LogP contribution is 2.60. The number of carbonyl (C=O) groups excluding carboxylic acids is 1. The summed E-state index contributed by atoms with van der Waals surface area (Å²) < 4.78 is 5.40. The second-order valence-corrected chi connectivity index (χ2v) is 12.2. The Balaban J connectivity index is 1.68. The second kappa shape index (κ2) is 10.6. The van der Waals surface area contributed by atoms with Crippen LogP contribution in [0.25, 0.3) is 0 Å². The van der Waals surface area contributed by atoms with Crippen LogP contribution in [-0.4, -0.2) is 21.7 Å². The number of halogens is 1. The molecule has 0 aromatic heterocycles. The molecule has 0 spiro atoms. The van der Waals surface area contributed by atoms with Gasteiger partial charge in [-0.25, -0.2) is 4.79 Å². The molecule has 3 fully saturated rings. The lowest BCUT2D eigenvalue weighted by molar-refractivity contribution is 0.0596. The average Bonchev–Trinajstić information content (AvgIpc) is 3.04. The number of rotatable bonds is 7. The number of allylic oxidation sites excluding steroid dienone is 4. The molecule has 0 saturated heterocycles.